The van der Waals surface area contributed by atoms with Crippen molar-refractivity contribution in [2.24, 2.45) is 0 Å². The van der Waals surface area contributed by atoms with Gasteiger partial charge < -0.3 is 9.30 Å². The van der Waals surface area contributed by atoms with Crippen LogP contribution in [-0.4, -0.2) is 16.2 Å². The second-order valence-corrected chi connectivity index (χ2v) is 4.89. The maximum Gasteiger partial charge on any atom is 0.0957 e. The van der Waals surface area contributed by atoms with Crippen molar-refractivity contribution in [1.82, 2.24) is 9.55 Å². The van der Waals surface area contributed by atoms with Gasteiger partial charge in [-0.2, -0.15) is 0 Å². The molecular formula is C14H16N2O. The minimum Gasteiger partial charge on any atom is -0.372 e. The van der Waals surface area contributed by atoms with Crippen molar-refractivity contribution in [3.05, 3.63) is 53.6 Å². The van der Waals surface area contributed by atoms with Crippen molar-refractivity contribution < 1.29 is 4.74 Å². The summed E-state index contributed by atoms with van der Waals surface area (Å²) in [5.74, 6) is 0. The predicted molar refractivity (Wildman–Crippen MR) is 65.8 cm³/mol. The molecule has 0 spiro atoms. The van der Waals surface area contributed by atoms with Crippen LogP contribution in [0.5, 0.6) is 0 Å². The van der Waals surface area contributed by atoms with Crippen molar-refractivity contribution in [1.29, 1.82) is 0 Å². The van der Waals surface area contributed by atoms with Crippen LogP contribution in [-0.2, 0) is 16.9 Å². The molecule has 0 radical (unpaired) electrons. The monoisotopic (exact) mass is 228 g/mol. The predicted octanol–water partition coefficient (Wildman–Crippen LogP) is 2.49. The lowest BCUT2D eigenvalue weighted by Gasteiger charge is -2.36. The van der Waals surface area contributed by atoms with E-state index in [1.165, 1.54) is 11.1 Å². The molecule has 0 N–H and O–H groups in total. The highest BCUT2D eigenvalue weighted by molar-refractivity contribution is 5.30. The Hall–Kier alpha value is -1.61. The van der Waals surface area contributed by atoms with E-state index in [1.54, 1.807) is 0 Å². The summed E-state index contributed by atoms with van der Waals surface area (Å²) < 4.78 is 7.92. The highest BCUT2D eigenvalue weighted by Crippen LogP contribution is 2.31. The second-order valence-electron chi connectivity index (χ2n) is 4.89. The molecule has 1 unspecified atom stereocenters. The molecular weight excluding hydrogens is 212 g/mol. The van der Waals surface area contributed by atoms with Crippen LogP contribution in [0.3, 0.4) is 0 Å². The first-order valence-electron chi connectivity index (χ1n) is 5.87. The van der Waals surface area contributed by atoms with Crippen LogP contribution in [0.25, 0.3) is 0 Å². The number of aromatic nitrogens is 2. The quantitative estimate of drug-likeness (QED) is 0.749. The number of fused-ring (bicyclic) bond motifs is 1. The van der Waals surface area contributed by atoms with Crippen molar-refractivity contribution in [2.75, 3.05) is 6.61 Å². The Morgan fingerprint density at radius 3 is 2.82 bits per heavy atom. The number of ether oxygens (including phenoxy) is 1. The highest BCUT2D eigenvalue weighted by Gasteiger charge is 2.33. The molecule has 0 bridgehead atoms. The van der Waals surface area contributed by atoms with Crippen LogP contribution in [0.15, 0.2) is 36.8 Å². The van der Waals surface area contributed by atoms with E-state index in [1.807, 2.05) is 12.5 Å². The van der Waals surface area contributed by atoms with E-state index in [0.29, 0.717) is 13.2 Å². The summed E-state index contributed by atoms with van der Waals surface area (Å²) in [6, 6.07) is 8.64. The van der Waals surface area contributed by atoms with E-state index in [0.717, 1.165) is 5.69 Å². The zero-order chi connectivity index (χ0) is 11.9. The van der Waals surface area contributed by atoms with Gasteiger partial charge in [0.1, 0.15) is 0 Å². The summed E-state index contributed by atoms with van der Waals surface area (Å²) >= 11 is 0. The van der Waals surface area contributed by atoms with E-state index in [4.69, 9.17) is 4.74 Å². The van der Waals surface area contributed by atoms with Crippen molar-refractivity contribution in [3.63, 3.8) is 0 Å². The minimum atomic E-state index is -0.141. The SMILES string of the molecule is Cc1ccc(C2(C)COCc3cncn32)cc1. The van der Waals surface area contributed by atoms with E-state index in [2.05, 4.69) is 47.7 Å². The van der Waals surface area contributed by atoms with Crippen LogP contribution in [0.1, 0.15) is 23.7 Å². The van der Waals surface area contributed by atoms with Gasteiger partial charge in [0, 0.05) is 0 Å². The molecule has 17 heavy (non-hydrogen) atoms. The summed E-state index contributed by atoms with van der Waals surface area (Å²) in [5, 5.41) is 0. The Labute approximate surface area is 101 Å². The average Bonchev–Trinajstić information content (AvgIpc) is 2.80. The summed E-state index contributed by atoms with van der Waals surface area (Å²) in [6.07, 6.45) is 3.78. The third-order valence-electron chi connectivity index (χ3n) is 3.55. The topological polar surface area (TPSA) is 27.1 Å². The largest absolute Gasteiger partial charge is 0.372 e. The number of imidazole rings is 1. The number of nitrogens with zero attached hydrogens (tertiary/aromatic N) is 2. The van der Waals surface area contributed by atoms with Gasteiger partial charge in [-0.05, 0) is 19.4 Å². The van der Waals surface area contributed by atoms with Gasteiger partial charge in [-0.25, -0.2) is 4.98 Å². The molecule has 2 heterocycles. The molecule has 3 rings (SSSR count). The normalized spacial score (nSPS) is 23.4. The van der Waals surface area contributed by atoms with Crippen LogP contribution in [0.4, 0.5) is 0 Å². The average molecular weight is 228 g/mol. The first-order valence-corrected chi connectivity index (χ1v) is 5.87. The molecule has 0 aliphatic carbocycles. The minimum absolute atomic E-state index is 0.141. The lowest BCUT2D eigenvalue weighted by molar-refractivity contribution is 0.0306. The molecule has 3 nitrogen and oxygen atoms in total. The molecule has 3 heteroatoms. The standard InChI is InChI=1S/C14H16N2O/c1-11-3-5-12(6-4-11)14(2)9-17-8-13-7-15-10-16(13)14/h3-7,10H,8-9H2,1-2H3. The zero-order valence-corrected chi connectivity index (χ0v) is 10.2. The molecule has 2 aromatic rings. The van der Waals surface area contributed by atoms with E-state index >= 15 is 0 Å². The van der Waals surface area contributed by atoms with Gasteiger partial charge in [0.2, 0.25) is 0 Å². The Kier molecular flexibility index (Phi) is 2.30. The summed E-state index contributed by atoms with van der Waals surface area (Å²) in [6.45, 7) is 5.65. The van der Waals surface area contributed by atoms with Gasteiger partial charge in [-0.1, -0.05) is 29.8 Å². The van der Waals surface area contributed by atoms with Crippen molar-refractivity contribution in [3.8, 4) is 0 Å². The van der Waals surface area contributed by atoms with Gasteiger partial charge in [-0.15, -0.1) is 0 Å². The lowest BCUT2D eigenvalue weighted by Crippen LogP contribution is -2.40. The Morgan fingerprint density at radius 2 is 2.06 bits per heavy atom. The van der Waals surface area contributed by atoms with Crippen LogP contribution in [0.2, 0.25) is 0 Å². The molecule has 88 valence electrons. The number of hydrogen-bond acceptors (Lipinski definition) is 2. The first-order chi connectivity index (χ1) is 8.20. The van der Waals surface area contributed by atoms with Gasteiger partial charge in [0.05, 0.1) is 37.0 Å². The second kappa shape index (κ2) is 3.70. The lowest BCUT2D eigenvalue weighted by atomic mass is 9.91. The number of aryl methyl sites for hydroxylation is 1. The maximum atomic E-state index is 5.69. The fraction of sp³-hybridized carbons (Fsp3) is 0.357. The Balaban J connectivity index is 2.11. The molecule has 0 saturated carbocycles. The molecule has 1 aromatic heterocycles. The number of hydrogen-bond donors (Lipinski definition) is 0. The molecule has 1 aromatic carbocycles. The zero-order valence-electron chi connectivity index (χ0n) is 10.2. The number of benzene rings is 1. The van der Waals surface area contributed by atoms with Gasteiger partial charge in [0.25, 0.3) is 0 Å². The van der Waals surface area contributed by atoms with Crippen LogP contribution >= 0.6 is 0 Å². The third kappa shape index (κ3) is 1.58. The smallest absolute Gasteiger partial charge is 0.0957 e. The summed E-state index contributed by atoms with van der Waals surface area (Å²) in [7, 11) is 0. The van der Waals surface area contributed by atoms with E-state index in [9.17, 15) is 0 Å². The van der Waals surface area contributed by atoms with Crippen molar-refractivity contribution >= 4 is 0 Å². The molecule has 0 fully saturated rings. The maximum absolute atomic E-state index is 5.69. The van der Waals surface area contributed by atoms with Gasteiger partial charge in [-0.3, -0.25) is 0 Å². The summed E-state index contributed by atoms with van der Waals surface area (Å²) in [4.78, 5) is 4.23. The molecule has 1 aliphatic rings. The molecule has 0 saturated heterocycles. The van der Waals surface area contributed by atoms with E-state index < -0.39 is 0 Å². The number of rotatable bonds is 1. The molecule has 1 aliphatic heterocycles. The van der Waals surface area contributed by atoms with Gasteiger partial charge >= 0.3 is 0 Å². The highest BCUT2D eigenvalue weighted by atomic mass is 16.5. The fourth-order valence-electron chi connectivity index (χ4n) is 2.43. The Bertz CT molecular complexity index is 529. The fourth-order valence-corrected chi connectivity index (χ4v) is 2.43. The first kappa shape index (κ1) is 10.5. The Morgan fingerprint density at radius 1 is 1.29 bits per heavy atom. The van der Waals surface area contributed by atoms with Crippen LogP contribution in [0, 0.1) is 6.92 Å². The molecule has 0 amide bonds. The third-order valence-corrected chi connectivity index (χ3v) is 3.55. The van der Waals surface area contributed by atoms with Crippen LogP contribution < -0.4 is 0 Å². The van der Waals surface area contributed by atoms with E-state index in [-0.39, 0.29) is 5.54 Å². The summed E-state index contributed by atoms with van der Waals surface area (Å²) in [5.41, 5.74) is 3.54. The molecule has 1 atom stereocenters. The van der Waals surface area contributed by atoms with Gasteiger partial charge in [0.15, 0.2) is 0 Å². The van der Waals surface area contributed by atoms with Crippen molar-refractivity contribution in [2.45, 2.75) is 26.0 Å².